The van der Waals surface area contributed by atoms with Gasteiger partial charge in [0.15, 0.2) is 0 Å². The molecule has 2 N–H and O–H groups in total. The van der Waals surface area contributed by atoms with Crippen molar-refractivity contribution in [3.63, 3.8) is 0 Å². The molecule has 60 valence electrons. The fourth-order valence-corrected chi connectivity index (χ4v) is 1.14. The molecule has 0 amide bonds. The van der Waals surface area contributed by atoms with Crippen LogP contribution in [0.5, 0.6) is 0 Å². The van der Waals surface area contributed by atoms with E-state index in [2.05, 4.69) is 9.97 Å². The Labute approximate surface area is 67.8 Å². The van der Waals surface area contributed by atoms with E-state index in [1.807, 2.05) is 0 Å². The van der Waals surface area contributed by atoms with E-state index >= 15 is 0 Å². The third-order valence-corrected chi connectivity index (χ3v) is 1.72. The molecule has 0 bridgehead atoms. The first-order valence-corrected chi connectivity index (χ1v) is 3.45. The van der Waals surface area contributed by atoms with Gasteiger partial charge in [0, 0.05) is 6.21 Å². The van der Waals surface area contributed by atoms with E-state index in [0.717, 1.165) is 11.7 Å². The number of rotatable bonds is 1. The first-order chi connectivity index (χ1) is 5.83. The summed E-state index contributed by atoms with van der Waals surface area (Å²) in [5.74, 6) is -0.412. The van der Waals surface area contributed by atoms with Crippen LogP contribution < -0.4 is 0 Å². The second-order valence-corrected chi connectivity index (χ2v) is 2.40. The van der Waals surface area contributed by atoms with E-state index in [-0.39, 0.29) is 5.56 Å². The summed E-state index contributed by atoms with van der Waals surface area (Å²) in [7, 11) is 0. The van der Waals surface area contributed by atoms with E-state index in [1.165, 1.54) is 12.4 Å². The highest BCUT2D eigenvalue weighted by Crippen LogP contribution is 2.15. The van der Waals surface area contributed by atoms with Crippen LogP contribution in [-0.2, 0) is 0 Å². The number of hydrogen-bond donors (Lipinski definition) is 2. The monoisotopic (exact) mass is 163 g/mol. The van der Waals surface area contributed by atoms with Crippen LogP contribution in [0.1, 0.15) is 5.56 Å². The van der Waals surface area contributed by atoms with Gasteiger partial charge >= 0.3 is 0 Å². The smallest absolute Gasteiger partial charge is 0.134 e. The molecular weight excluding hydrogens is 157 g/mol. The number of H-pyrrole nitrogens is 1. The molecule has 0 unspecified atom stereocenters. The van der Waals surface area contributed by atoms with E-state index in [1.54, 1.807) is 6.07 Å². The summed E-state index contributed by atoms with van der Waals surface area (Å²) in [5.41, 5.74) is 1.48. The molecule has 0 atom stereocenters. The van der Waals surface area contributed by atoms with Crippen molar-refractivity contribution in [2.45, 2.75) is 0 Å². The van der Waals surface area contributed by atoms with E-state index in [0.29, 0.717) is 5.52 Å². The number of halogens is 1. The van der Waals surface area contributed by atoms with Crippen LogP contribution in [0.4, 0.5) is 4.39 Å². The standard InChI is InChI=1S/C8H6FN3/c9-6-1-2-7-8(5(6)3-10)12-4-11-7/h1-4,10H,(H,11,12). The van der Waals surface area contributed by atoms with E-state index in [9.17, 15) is 4.39 Å². The minimum Gasteiger partial charge on any atom is -0.345 e. The molecule has 0 aliphatic carbocycles. The van der Waals surface area contributed by atoms with Crippen LogP contribution in [0, 0.1) is 11.2 Å². The highest BCUT2D eigenvalue weighted by molar-refractivity contribution is 5.95. The Morgan fingerprint density at radius 1 is 1.50 bits per heavy atom. The molecule has 4 heteroatoms. The molecule has 2 rings (SSSR count). The maximum atomic E-state index is 13.0. The zero-order valence-electron chi connectivity index (χ0n) is 6.13. The highest BCUT2D eigenvalue weighted by atomic mass is 19.1. The lowest BCUT2D eigenvalue weighted by Gasteiger charge is -1.95. The largest absolute Gasteiger partial charge is 0.345 e. The number of benzene rings is 1. The molecule has 1 heterocycles. The van der Waals surface area contributed by atoms with Crippen molar-refractivity contribution >= 4 is 17.2 Å². The van der Waals surface area contributed by atoms with Gasteiger partial charge in [-0.2, -0.15) is 0 Å². The minimum atomic E-state index is -0.412. The van der Waals surface area contributed by atoms with Crippen LogP contribution in [0.3, 0.4) is 0 Å². The Kier molecular flexibility index (Phi) is 1.40. The summed E-state index contributed by atoms with van der Waals surface area (Å²) in [6.45, 7) is 0. The van der Waals surface area contributed by atoms with Gasteiger partial charge in [-0.25, -0.2) is 9.37 Å². The van der Waals surface area contributed by atoms with Crippen molar-refractivity contribution in [1.29, 1.82) is 5.41 Å². The van der Waals surface area contributed by atoms with Crippen molar-refractivity contribution in [2.24, 2.45) is 0 Å². The molecule has 0 aliphatic rings. The van der Waals surface area contributed by atoms with Crippen molar-refractivity contribution in [3.8, 4) is 0 Å². The zero-order chi connectivity index (χ0) is 8.55. The Bertz CT molecular complexity index is 433. The predicted molar refractivity (Wildman–Crippen MR) is 43.9 cm³/mol. The fourth-order valence-electron chi connectivity index (χ4n) is 1.14. The SMILES string of the molecule is N=Cc1c(F)ccc2[nH]cnc12. The van der Waals surface area contributed by atoms with Gasteiger partial charge < -0.3 is 10.4 Å². The van der Waals surface area contributed by atoms with Crippen LogP contribution >= 0.6 is 0 Å². The molecule has 0 spiro atoms. The minimum absolute atomic E-state index is 0.230. The number of imidazole rings is 1. The lowest BCUT2D eigenvalue weighted by atomic mass is 10.2. The average Bonchev–Trinajstić information content (AvgIpc) is 2.52. The maximum Gasteiger partial charge on any atom is 0.134 e. The van der Waals surface area contributed by atoms with Gasteiger partial charge in [-0.05, 0) is 12.1 Å². The molecule has 2 aromatic rings. The van der Waals surface area contributed by atoms with Crippen LogP contribution in [0.25, 0.3) is 11.0 Å². The molecule has 0 aliphatic heterocycles. The number of fused-ring (bicyclic) bond motifs is 1. The lowest BCUT2D eigenvalue weighted by molar-refractivity contribution is 0.627. The zero-order valence-corrected chi connectivity index (χ0v) is 6.13. The summed E-state index contributed by atoms with van der Waals surface area (Å²) in [6, 6.07) is 2.92. The van der Waals surface area contributed by atoms with Crippen molar-refractivity contribution < 1.29 is 4.39 Å². The van der Waals surface area contributed by atoms with Crippen LogP contribution in [-0.4, -0.2) is 16.2 Å². The molecule has 0 fully saturated rings. The Balaban J connectivity index is 2.91. The second-order valence-electron chi connectivity index (χ2n) is 2.40. The number of aromatic nitrogens is 2. The summed E-state index contributed by atoms with van der Waals surface area (Å²) in [4.78, 5) is 6.74. The highest BCUT2D eigenvalue weighted by Gasteiger charge is 2.05. The van der Waals surface area contributed by atoms with Gasteiger partial charge in [-0.15, -0.1) is 0 Å². The number of hydrogen-bond acceptors (Lipinski definition) is 2. The van der Waals surface area contributed by atoms with Gasteiger partial charge in [-0.3, -0.25) is 0 Å². The fraction of sp³-hybridized carbons (Fsp3) is 0. The van der Waals surface area contributed by atoms with Crippen molar-refractivity contribution in [3.05, 3.63) is 29.8 Å². The number of aromatic amines is 1. The molecule has 1 aromatic carbocycles. The third kappa shape index (κ3) is 0.812. The topological polar surface area (TPSA) is 52.5 Å². The molecule has 1 aromatic heterocycles. The molecule has 3 nitrogen and oxygen atoms in total. The molecule has 0 radical (unpaired) electrons. The van der Waals surface area contributed by atoms with Crippen molar-refractivity contribution in [1.82, 2.24) is 9.97 Å². The van der Waals surface area contributed by atoms with Gasteiger partial charge in [0.2, 0.25) is 0 Å². The summed E-state index contributed by atoms with van der Waals surface area (Å²) >= 11 is 0. The Morgan fingerprint density at radius 3 is 3.08 bits per heavy atom. The first-order valence-electron chi connectivity index (χ1n) is 3.45. The average molecular weight is 163 g/mol. The van der Waals surface area contributed by atoms with Gasteiger partial charge in [0.25, 0.3) is 0 Å². The van der Waals surface area contributed by atoms with Gasteiger partial charge in [0.1, 0.15) is 5.82 Å². The van der Waals surface area contributed by atoms with Crippen molar-refractivity contribution in [2.75, 3.05) is 0 Å². The number of nitrogens with one attached hydrogen (secondary N) is 2. The molecular formula is C8H6FN3. The van der Waals surface area contributed by atoms with E-state index < -0.39 is 5.82 Å². The van der Waals surface area contributed by atoms with Gasteiger partial charge in [0.05, 0.1) is 22.9 Å². The molecule has 0 saturated carbocycles. The van der Waals surface area contributed by atoms with Gasteiger partial charge in [-0.1, -0.05) is 0 Å². The molecule has 12 heavy (non-hydrogen) atoms. The molecule has 0 saturated heterocycles. The number of nitrogens with zero attached hydrogens (tertiary/aromatic N) is 1. The predicted octanol–water partition coefficient (Wildman–Crippen LogP) is 1.70. The first kappa shape index (κ1) is 6.97. The second kappa shape index (κ2) is 2.41. The summed E-state index contributed by atoms with van der Waals surface area (Å²) < 4.78 is 13.0. The summed E-state index contributed by atoms with van der Waals surface area (Å²) in [6.07, 6.45) is 2.45. The lowest BCUT2D eigenvalue weighted by Crippen LogP contribution is -1.88. The Hall–Kier alpha value is -1.71. The van der Waals surface area contributed by atoms with Crippen LogP contribution in [0.2, 0.25) is 0 Å². The summed E-state index contributed by atoms with van der Waals surface area (Å²) in [5, 5.41) is 6.99. The van der Waals surface area contributed by atoms with Crippen LogP contribution in [0.15, 0.2) is 18.5 Å². The normalized spacial score (nSPS) is 10.4. The third-order valence-electron chi connectivity index (χ3n) is 1.72. The quantitative estimate of drug-likeness (QED) is 0.617. The Morgan fingerprint density at radius 2 is 2.33 bits per heavy atom. The maximum absolute atomic E-state index is 13.0. The van der Waals surface area contributed by atoms with E-state index in [4.69, 9.17) is 5.41 Å².